The zero-order chi connectivity index (χ0) is 12.8. The van der Waals surface area contributed by atoms with Gasteiger partial charge in [-0.05, 0) is 31.2 Å². The Bertz CT molecular complexity index is 497. The van der Waals surface area contributed by atoms with E-state index in [0.29, 0.717) is 13.2 Å². The molecule has 0 saturated carbocycles. The van der Waals surface area contributed by atoms with Gasteiger partial charge in [0.05, 0.1) is 30.7 Å². The number of para-hydroxylation sites is 2. The highest BCUT2D eigenvalue weighted by Gasteiger charge is 2.02. The van der Waals surface area contributed by atoms with Crippen molar-refractivity contribution < 1.29 is 9.84 Å². The summed E-state index contributed by atoms with van der Waals surface area (Å²) in [6, 6.07) is 11.2. The molecule has 0 atom stereocenters. The molecule has 0 saturated heterocycles. The summed E-state index contributed by atoms with van der Waals surface area (Å²) >= 11 is 0. The molecule has 0 aliphatic rings. The number of benzene rings is 1. The first kappa shape index (κ1) is 12.2. The van der Waals surface area contributed by atoms with Crippen molar-refractivity contribution >= 4 is 5.69 Å². The largest absolute Gasteiger partial charge is 0.506 e. The van der Waals surface area contributed by atoms with Crippen LogP contribution in [0, 0.1) is 0 Å². The number of nitrogens with one attached hydrogen (secondary N) is 1. The van der Waals surface area contributed by atoms with Crippen LogP contribution in [0.5, 0.6) is 11.5 Å². The van der Waals surface area contributed by atoms with E-state index in [2.05, 4.69) is 10.3 Å². The smallest absolute Gasteiger partial charge is 0.142 e. The first-order valence-corrected chi connectivity index (χ1v) is 5.89. The quantitative estimate of drug-likeness (QED) is 0.849. The lowest BCUT2D eigenvalue weighted by molar-refractivity contribution is 0.341. The number of aromatic hydroxyl groups is 1. The number of hydrogen-bond donors (Lipinski definition) is 2. The van der Waals surface area contributed by atoms with Gasteiger partial charge in [-0.1, -0.05) is 12.1 Å². The number of pyridine rings is 1. The molecular formula is C14H16N2O2. The summed E-state index contributed by atoms with van der Waals surface area (Å²) in [5, 5.41) is 12.4. The lowest BCUT2D eigenvalue weighted by atomic mass is 10.2. The Morgan fingerprint density at radius 3 is 2.78 bits per heavy atom. The number of ether oxygens (including phenoxy) is 1. The van der Waals surface area contributed by atoms with E-state index in [1.165, 1.54) is 6.20 Å². The van der Waals surface area contributed by atoms with Crippen LogP contribution in [0.2, 0.25) is 0 Å². The van der Waals surface area contributed by atoms with Crippen LogP contribution in [0.4, 0.5) is 5.69 Å². The standard InChI is InChI=1S/C14H16N2O2/c1-2-18-14-6-4-3-5-13(14)16-9-11-7-8-12(17)10-15-11/h3-8,10,16-17H,2,9H2,1H3. The Morgan fingerprint density at radius 2 is 2.06 bits per heavy atom. The van der Waals surface area contributed by atoms with Crippen molar-refractivity contribution in [2.24, 2.45) is 0 Å². The average Bonchev–Trinajstić information content (AvgIpc) is 2.40. The molecule has 4 heteroatoms. The summed E-state index contributed by atoms with van der Waals surface area (Å²) in [7, 11) is 0. The van der Waals surface area contributed by atoms with Crippen molar-refractivity contribution in [3.05, 3.63) is 48.3 Å². The molecule has 94 valence electrons. The van der Waals surface area contributed by atoms with Crippen LogP contribution in [0.1, 0.15) is 12.6 Å². The van der Waals surface area contributed by atoms with Gasteiger partial charge in [-0.15, -0.1) is 0 Å². The average molecular weight is 244 g/mol. The molecule has 0 unspecified atom stereocenters. The van der Waals surface area contributed by atoms with Crippen LogP contribution < -0.4 is 10.1 Å². The Hall–Kier alpha value is -2.23. The molecule has 18 heavy (non-hydrogen) atoms. The summed E-state index contributed by atoms with van der Waals surface area (Å²) in [4.78, 5) is 4.12. The highest BCUT2D eigenvalue weighted by molar-refractivity contribution is 5.56. The molecule has 1 heterocycles. The summed E-state index contributed by atoms with van der Waals surface area (Å²) in [5.74, 6) is 1.01. The van der Waals surface area contributed by atoms with Gasteiger partial charge < -0.3 is 15.2 Å². The van der Waals surface area contributed by atoms with Crippen molar-refractivity contribution in [2.75, 3.05) is 11.9 Å². The number of nitrogens with zero attached hydrogens (tertiary/aromatic N) is 1. The first-order chi connectivity index (χ1) is 8.79. The molecule has 0 radical (unpaired) electrons. The second kappa shape index (κ2) is 5.91. The molecule has 2 rings (SSSR count). The van der Waals surface area contributed by atoms with Gasteiger partial charge in [0.25, 0.3) is 0 Å². The summed E-state index contributed by atoms with van der Waals surface area (Å²) < 4.78 is 5.52. The lowest BCUT2D eigenvalue weighted by Crippen LogP contribution is -2.03. The normalized spacial score (nSPS) is 10.1. The van der Waals surface area contributed by atoms with E-state index < -0.39 is 0 Å². The molecule has 2 aromatic rings. The Kier molecular flexibility index (Phi) is 4.02. The van der Waals surface area contributed by atoms with Gasteiger partial charge >= 0.3 is 0 Å². The fourth-order valence-corrected chi connectivity index (χ4v) is 1.60. The Labute approximate surface area is 106 Å². The minimum Gasteiger partial charge on any atom is -0.506 e. The molecular weight excluding hydrogens is 228 g/mol. The molecule has 2 N–H and O–H groups in total. The van der Waals surface area contributed by atoms with Crippen molar-refractivity contribution in [3.63, 3.8) is 0 Å². The van der Waals surface area contributed by atoms with Gasteiger partial charge in [0.15, 0.2) is 0 Å². The third-order valence-corrected chi connectivity index (χ3v) is 2.46. The first-order valence-electron chi connectivity index (χ1n) is 5.89. The summed E-state index contributed by atoms with van der Waals surface area (Å²) in [6.45, 7) is 3.18. The highest BCUT2D eigenvalue weighted by atomic mass is 16.5. The monoisotopic (exact) mass is 244 g/mol. The van der Waals surface area contributed by atoms with Crippen molar-refractivity contribution in [1.29, 1.82) is 0 Å². The lowest BCUT2D eigenvalue weighted by Gasteiger charge is -2.11. The van der Waals surface area contributed by atoms with Crippen molar-refractivity contribution in [1.82, 2.24) is 4.98 Å². The summed E-state index contributed by atoms with van der Waals surface area (Å²) in [6.07, 6.45) is 1.44. The predicted octanol–water partition coefficient (Wildman–Crippen LogP) is 2.80. The minimum absolute atomic E-state index is 0.175. The van der Waals surface area contributed by atoms with Gasteiger partial charge in [0.1, 0.15) is 11.5 Å². The molecule has 0 bridgehead atoms. The highest BCUT2D eigenvalue weighted by Crippen LogP contribution is 2.24. The maximum atomic E-state index is 9.15. The third kappa shape index (κ3) is 3.13. The topological polar surface area (TPSA) is 54.4 Å². The van der Waals surface area contributed by atoms with E-state index >= 15 is 0 Å². The second-order valence-corrected chi connectivity index (χ2v) is 3.79. The van der Waals surface area contributed by atoms with Crippen LogP contribution in [-0.2, 0) is 6.54 Å². The number of anilines is 1. The molecule has 0 amide bonds. The van der Waals surface area contributed by atoms with E-state index in [0.717, 1.165) is 17.1 Å². The molecule has 0 aliphatic carbocycles. The molecule has 4 nitrogen and oxygen atoms in total. The minimum atomic E-state index is 0.175. The Balaban J connectivity index is 2.03. The van der Waals surface area contributed by atoms with E-state index in [-0.39, 0.29) is 5.75 Å². The van der Waals surface area contributed by atoms with Crippen molar-refractivity contribution in [2.45, 2.75) is 13.5 Å². The van der Waals surface area contributed by atoms with Gasteiger partial charge in [0.2, 0.25) is 0 Å². The van der Waals surface area contributed by atoms with E-state index in [4.69, 9.17) is 9.84 Å². The maximum absolute atomic E-state index is 9.15. The third-order valence-electron chi connectivity index (χ3n) is 2.46. The van der Waals surface area contributed by atoms with Crippen LogP contribution in [-0.4, -0.2) is 16.7 Å². The number of hydrogen-bond acceptors (Lipinski definition) is 4. The number of aromatic nitrogens is 1. The van der Waals surface area contributed by atoms with Crippen LogP contribution in [0.3, 0.4) is 0 Å². The molecule has 1 aromatic carbocycles. The van der Waals surface area contributed by atoms with Gasteiger partial charge in [-0.3, -0.25) is 4.98 Å². The fourth-order valence-electron chi connectivity index (χ4n) is 1.60. The zero-order valence-electron chi connectivity index (χ0n) is 10.3. The van der Waals surface area contributed by atoms with E-state index in [1.807, 2.05) is 31.2 Å². The van der Waals surface area contributed by atoms with Gasteiger partial charge in [-0.25, -0.2) is 0 Å². The Morgan fingerprint density at radius 1 is 1.22 bits per heavy atom. The molecule has 0 fully saturated rings. The summed E-state index contributed by atoms with van der Waals surface area (Å²) in [5.41, 5.74) is 1.80. The SMILES string of the molecule is CCOc1ccccc1NCc1ccc(O)cn1. The van der Waals surface area contributed by atoms with Crippen LogP contribution >= 0.6 is 0 Å². The molecule has 1 aromatic heterocycles. The fraction of sp³-hybridized carbons (Fsp3) is 0.214. The number of rotatable bonds is 5. The van der Waals surface area contributed by atoms with Gasteiger partial charge in [0, 0.05) is 0 Å². The second-order valence-electron chi connectivity index (χ2n) is 3.79. The maximum Gasteiger partial charge on any atom is 0.142 e. The molecule has 0 aliphatic heterocycles. The van der Waals surface area contributed by atoms with E-state index in [9.17, 15) is 0 Å². The van der Waals surface area contributed by atoms with Crippen LogP contribution in [0.25, 0.3) is 0 Å². The zero-order valence-corrected chi connectivity index (χ0v) is 10.3. The van der Waals surface area contributed by atoms with Crippen LogP contribution in [0.15, 0.2) is 42.6 Å². The molecule has 0 spiro atoms. The van der Waals surface area contributed by atoms with Gasteiger partial charge in [-0.2, -0.15) is 0 Å². The van der Waals surface area contributed by atoms with Crippen molar-refractivity contribution in [3.8, 4) is 11.5 Å². The van der Waals surface area contributed by atoms with E-state index in [1.54, 1.807) is 12.1 Å². The predicted molar refractivity (Wildman–Crippen MR) is 70.8 cm³/mol.